The molecule has 7 aromatic rings. The lowest BCUT2D eigenvalue weighted by molar-refractivity contribution is -0.138. The summed E-state index contributed by atoms with van der Waals surface area (Å²) in [5.74, 6) is 5.18. The summed E-state index contributed by atoms with van der Waals surface area (Å²) in [7, 11) is 0. The van der Waals surface area contributed by atoms with Gasteiger partial charge in [-0.3, -0.25) is 29.2 Å². The van der Waals surface area contributed by atoms with Gasteiger partial charge >= 0.3 is 11.7 Å². The molecule has 0 atom stereocenters. The van der Waals surface area contributed by atoms with Gasteiger partial charge in [0.25, 0.3) is 11.8 Å². The molecule has 0 saturated carbocycles. The lowest BCUT2D eigenvalue weighted by Gasteiger charge is -2.35. The number of anilines is 3. The van der Waals surface area contributed by atoms with Crippen molar-refractivity contribution in [2.24, 2.45) is 5.92 Å². The molecule has 608 valence electrons. The van der Waals surface area contributed by atoms with E-state index in [1.807, 2.05) is 11.8 Å². The van der Waals surface area contributed by atoms with Crippen molar-refractivity contribution in [3.05, 3.63) is 149 Å². The molecular formula is C77H96ClF5N12O17. The van der Waals surface area contributed by atoms with E-state index in [0.29, 0.717) is 250 Å². The van der Waals surface area contributed by atoms with Crippen LogP contribution in [0.25, 0.3) is 16.9 Å². The molecule has 4 N–H and O–H groups in total. The van der Waals surface area contributed by atoms with Crippen LogP contribution in [0.2, 0.25) is 0 Å². The summed E-state index contributed by atoms with van der Waals surface area (Å²) in [4.78, 5) is 67.0. The summed E-state index contributed by atoms with van der Waals surface area (Å²) in [5.41, 5.74) is 0.0609. The molecule has 0 spiro atoms. The molecule has 9 rings (SSSR count). The number of aromatic amines is 1. The number of carbonyl (C=O) groups excluding carboxylic acids is 4. The Labute approximate surface area is 650 Å². The Kier molecular flexibility index (Phi) is 37.0. The summed E-state index contributed by atoms with van der Waals surface area (Å²) in [6.45, 7) is 14.2. The van der Waals surface area contributed by atoms with E-state index >= 15 is 0 Å². The minimum absolute atomic E-state index is 0.00154. The Morgan fingerprint density at radius 1 is 0.562 bits per heavy atom. The number of imidazole rings is 1. The second-order valence-electron chi connectivity index (χ2n) is 25.4. The number of benzene rings is 3. The molecule has 0 bridgehead atoms. The molecule has 35 heteroatoms. The van der Waals surface area contributed by atoms with Crippen LogP contribution >= 0.6 is 11.6 Å². The average molecular weight is 1590 g/mol. The van der Waals surface area contributed by atoms with E-state index in [9.17, 15) is 41.1 Å². The third-order valence-corrected chi connectivity index (χ3v) is 17.5. The number of ether oxygens (including phenoxy) is 13. The number of fused-ring (bicyclic) bond motifs is 1. The summed E-state index contributed by atoms with van der Waals surface area (Å²) < 4.78 is 142. The van der Waals surface area contributed by atoms with Crippen molar-refractivity contribution in [2.45, 2.75) is 44.5 Å². The molecule has 2 aliphatic rings. The number of piperazine rings is 1. The third kappa shape index (κ3) is 30.9. The molecule has 3 aromatic carbocycles. The van der Waals surface area contributed by atoms with E-state index in [1.54, 1.807) is 70.5 Å². The van der Waals surface area contributed by atoms with Gasteiger partial charge in [-0.1, -0.05) is 18.1 Å². The van der Waals surface area contributed by atoms with Gasteiger partial charge in [0.1, 0.15) is 17.3 Å². The maximum Gasteiger partial charge on any atom is 0.487 e. The van der Waals surface area contributed by atoms with Gasteiger partial charge < -0.3 is 87.3 Å². The lowest BCUT2D eigenvalue weighted by Crippen LogP contribution is -2.48. The van der Waals surface area contributed by atoms with Crippen LogP contribution in [0, 0.1) is 24.7 Å². The zero-order valence-corrected chi connectivity index (χ0v) is 63.3. The lowest BCUT2D eigenvalue weighted by atomic mass is 9.95. The third-order valence-electron chi connectivity index (χ3n) is 17.4. The van der Waals surface area contributed by atoms with Gasteiger partial charge in [0.2, 0.25) is 11.8 Å². The van der Waals surface area contributed by atoms with Crippen LogP contribution in [-0.4, -0.2) is 273 Å². The summed E-state index contributed by atoms with van der Waals surface area (Å²) in [6.07, 6.45) is 2.96. The second kappa shape index (κ2) is 47.6. The standard InChI is InChI=1S/C77H96ClF5N12O17/c1-57-4-5-60(51-59(57)7-11-65-55-85-70-3-2-18-88-95(65)70)74(98)90-64-8-6-61(68(53-64)76(79,80)81)56-92-23-25-93(26-24-92)71(96)17-27-100-29-31-102-33-35-104-37-39-106-41-43-108-45-47-110-49-50-111-48-46-109-44-42-107-40-38-105-36-34-103-32-30-101-28-20-84-73(97)58-15-21-94(22-16-58)72-67(69-14-19-87-91-69)52-62(54-86-72)75(99)89-63-9-12-66(13-10-63)112-77(78,82)83/h2-6,8-10,12-14,18-19,51-55,58H,15-17,20-50,56H2,1H3,(H,84,97)(H,87,91)(H,89,99)(H,90,98). The monoisotopic (exact) mass is 1590 g/mol. The number of hydrogen-bond donors (Lipinski definition) is 4. The molecule has 0 unspecified atom stereocenters. The van der Waals surface area contributed by atoms with Crippen LogP contribution in [0.3, 0.4) is 0 Å². The molecule has 2 fully saturated rings. The number of piperidine rings is 1. The van der Waals surface area contributed by atoms with Gasteiger partial charge in [0.15, 0.2) is 5.65 Å². The zero-order valence-electron chi connectivity index (χ0n) is 62.5. The van der Waals surface area contributed by atoms with Gasteiger partial charge in [0.05, 0.1) is 188 Å². The number of nitrogens with one attached hydrogen (secondary N) is 4. The molecule has 2 saturated heterocycles. The number of carbonyl (C=O) groups is 4. The topological polar surface area (TPSA) is 306 Å². The molecule has 112 heavy (non-hydrogen) atoms. The number of hydrogen-bond acceptors (Lipinski definition) is 23. The highest BCUT2D eigenvalue weighted by Crippen LogP contribution is 2.36. The van der Waals surface area contributed by atoms with Crippen LogP contribution in [0.15, 0.2) is 110 Å². The van der Waals surface area contributed by atoms with Crippen molar-refractivity contribution in [2.75, 3.05) is 220 Å². The van der Waals surface area contributed by atoms with Gasteiger partial charge in [-0.2, -0.15) is 23.4 Å². The number of aryl methyl sites for hydroxylation is 1. The molecule has 4 aromatic heterocycles. The molecule has 29 nitrogen and oxygen atoms in total. The first-order valence-corrected chi connectivity index (χ1v) is 37.4. The smallest absolute Gasteiger partial charge is 0.420 e. The van der Waals surface area contributed by atoms with Gasteiger partial charge in [0, 0.05) is 117 Å². The maximum atomic E-state index is 14.4. The van der Waals surface area contributed by atoms with E-state index in [2.05, 4.69) is 62.7 Å². The Bertz CT molecular complexity index is 4050. The van der Waals surface area contributed by atoms with Crippen molar-refractivity contribution >= 4 is 58.1 Å². The van der Waals surface area contributed by atoms with E-state index < -0.39 is 29.1 Å². The van der Waals surface area contributed by atoms with Crippen LogP contribution in [0.5, 0.6) is 5.75 Å². The quantitative estimate of drug-likeness (QED) is 0.0121. The van der Waals surface area contributed by atoms with Crippen molar-refractivity contribution in [3.63, 3.8) is 0 Å². The predicted molar refractivity (Wildman–Crippen MR) is 401 cm³/mol. The zero-order chi connectivity index (χ0) is 79.0. The van der Waals surface area contributed by atoms with Crippen LogP contribution in [-0.2, 0) is 79.2 Å². The first-order valence-electron chi connectivity index (χ1n) is 37.0. The number of aromatic nitrogens is 6. The number of H-pyrrole nitrogens is 1. The SMILES string of the molecule is Cc1ccc(C(=O)Nc2ccc(CN3CCN(C(=O)CCOCCOCCOCCOCCOCCOCCOCCOCCOCCOCCOCCOCCNC(=O)C4CCN(c5ncc(C(=O)Nc6ccc(OC(F)(F)Cl)cc6)cc5-c5ccn[nH]5)CC4)CC3)c(C(F)(F)F)c2)cc1C#Cc1cnc2cccnn12. The number of halogens is 6. The normalized spacial score (nSPS) is 13.7. The number of rotatable bonds is 50. The maximum absolute atomic E-state index is 14.4. The van der Waals surface area contributed by atoms with Gasteiger partial charge in [-0.25, -0.2) is 14.5 Å². The highest BCUT2D eigenvalue weighted by molar-refractivity contribution is 6.20. The van der Waals surface area contributed by atoms with Crippen molar-refractivity contribution in [3.8, 4) is 28.8 Å². The number of pyridine rings is 1. The molecule has 2 aliphatic heterocycles. The summed E-state index contributed by atoms with van der Waals surface area (Å²) in [5, 5.41) is 19.6. The van der Waals surface area contributed by atoms with Gasteiger partial charge in [-0.05, 0) is 110 Å². The van der Waals surface area contributed by atoms with E-state index in [1.165, 1.54) is 42.6 Å². The minimum Gasteiger partial charge on any atom is -0.420 e. The Hall–Kier alpha value is -8.90. The van der Waals surface area contributed by atoms with Gasteiger partial charge in [-0.15, -0.1) is 8.78 Å². The largest absolute Gasteiger partial charge is 0.487 e. The molecule has 0 radical (unpaired) electrons. The van der Waals surface area contributed by atoms with Crippen LogP contribution in [0.1, 0.15) is 67.9 Å². The average Bonchev–Trinajstić information content (AvgIpc) is 1.26. The molecular weight excluding hydrogens is 1500 g/mol. The summed E-state index contributed by atoms with van der Waals surface area (Å²) >= 11 is 4.84. The number of nitrogens with zero attached hydrogens (tertiary/aromatic N) is 8. The first kappa shape index (κ1) is 87.1. The fraction of sp³-hybridized carbons (Fsp3) is 0.506. The number of alkyl halides is 6. The highest BCUT2D eigenvalue weighted by Gasteiger charge is 2.35. The van der Waals surface area contributed by atoms with E-state index in [4.69, 9.17) is 68.4 Å². The van der Waals surface area contributed by atoms with Crippen LogP contribution in [0.4, 0.5) is 39.1 Å². The van der Waals surface area contributed by atoms with E-state index in [-0.39, 0.29) is 65.4 Å². The molecule has 4 amide bonds. The molecule has 6 heterocycles. The Morgan fingerprint density at radius 2 is 1.10 bits per heavy atom. The fourth-order valence-corrected chi connectivity index (χ4v) is 11.7. The highest BCUT2D eigenvalue weighted by atomic mass is 35.5. The fourth-order valence-electron chi connectivity index (χ4n) is 11.6. The molecule has 0 aliphatic carbocycles. The van der Waals surface area contributed by atoms with Crippen LogP contribution < -0.4 is 25.6 Å². The summed E-state index contributed by atoms with van der Waals surface area (Å²) in [6, 6.07) is 21.1. The van der Waals surface area contributed by atoms with Crippen molar-refractivity contribution in [1.29, 1.82) is 0 Å². The van der Waals surface area contributed by atoms with E-state index in [0.717, 1.165) is 11.6 Å². The van der Waals surface area contributed by atoms with Crippen molar-refractivity contribution in [1.82, 2.24) is 44.9 Å². The first-order chi connectivity index (χ1) is 54.4. The number of amides is 4. The Balaban J connectivity index is 0.470. The minimum atomic E-state index is -4.68. The second-order valence-corrected chi connectivity index (χ2v) is 25.9. The predicted octanol–water partition coefficient (Wildman–Crippen LogP) is 8.18. The Morgan fingerprint density at radius 3 is 1.64 bits per heavy atom. The van der Waals surface area contributed by atoms with Crippen molar-refractivity contribution < 1.29 is 103 Å².